The SMILES string of the molecule is CCC[C@H](C)NC(=O)N(C)CCc1c(C)n[nH]c1C. The molecule has 19 heavy (non-hydrogen) atoms. The average Bonchev–Trinajstić information content (AvgIpc) is 2.66. The fraction of sp³-hybridized carbons (Fsp3) is 0.714. The summed E-state index contributed by atoms with van der Waals surface area (Å²) in [6, 6.07) is 0.233. The number of urea groups is 1. The van der Waals surface area contributed by atoms with Gasteiger partial charge in [0.2, 0.25) is 0 Å². The molecule has 2 amide bonds. The Hall–Kier alpha value is -1.52. The number of hydrogen-bond donors (Lipinski definition) is 2. The van der Waals surface area contributed by atoms with Gasteiger partial charge in [0, 0.05) is 25.3 Å². The number of nitrogens with zero attached hydrogens (tertiary/aromatic N) is 2. The molecule has 0 aliphatic carbocycles. The zero-order chi connectivity index (χ0) is 14.4. The van der Waals surface area contributed by atoms with Gasteiger partial charge in [-0.3, -0.25) is 5.10 Å². The molecule has 108 valence electrons. The zero-order valence-electron chi connectivity index (χ0n) is 12.7. The van der Waals surface area contributed by atoms with Crippen molar-refractivity contribution in [1.29, 1.82) is 0 Å². The van der Waals surface area contributed by atoms with Gasteiger partial charge in [-0.05, 0) is 39.2 Å². The minimum atomic E-state index is -0.000231. The number of amides is 2. The number of nitrogens with one attached hydrogen (secondary N) is 2. The van der Waals surface area contributed by atoms with Crippen molar-refractivity contribution in [1.82, 2.24) is 20.4 Å². The molecule has 0 saturated carbocycles. The van der Waals surface area contributed by atoms with Crippen LogP contribution in [0.15, 0.2) is 0 Å². The highest BCUT2D eigenvalue weighted by Gasteiger charge is 2.13. The molecule has 0 aromatic carbocycles. The normalized spacial score (nSPS) is 12.3. The lowest BCUT2D eigenvalue weighted by Crippen LogP contribution is -2.42. The predicted octanol–water partition coefficient (Wildman–Crippen LogP) is 2.40. The van der Waals surface area contributed by atoms with Gasteiger partial charge >= 0.3 is 6.03 Å². The first-order valence-corrected chi connectivity index (χ1v) is 6.97. The molecule has 1 rings (SSSR count). The van der Waals surface area contributed by atoms with Gasteiger partial charge in [0.1, 0.15) is 0 Å². The maximum atomic E-state index is 11.9. The van der Waals surface area contributed by atoms with Crippen LogP contribution in [0.2, 0.25) is 0 Å². The fourth-order valence-electron chi connectivity index (χ4n) is 2.15. The van der Waals surface area contributed by atoms with E-state index in [9.17, 15) is 4.79 Å². The highest BCUT2D eigenvalue weighted by molar-refractivity contribution is 5.74. The lowest BCUT2D eigenvalue weighted by molar-refractivity contribution is 0.205. The molecule has 0 aliphatic rings. The van der Waals surface area contributed by atoms with Crippen LogP contribution < -0.4 is 5.32 Å². The van der Waals surface area contributed by atoms with Crippen molar-refractivity contribution in [2.75, 3.05) is 13.6 Å². The van der Waals surface area contributed by atoms with E-state index in [1.165, 1.54) is 5.56 Å². The van der Waals surface area contributed by atoms with Crippen LogP contribution in [0, 0.1) is 13.8 Å². The molecule has 0 aliphatic heterocycles. The van der Waals surface area contributed by atoms with Gasteiger partial charge in [0.05, 0.1) is 5.69 Å². The molecule has 1 heterocycles. The second kappa shape index (κ2) is 7.16. The second-order valence-electron chi connectivity index (χ2n) is 5.22. The summed E-state index contributed by atoms with van der Waals surface area (Å²) in [5.41, 5.74) is 3.32. The molecule has 1 aromatic rings. The Bertz CT molecular complexity index is 394. The number of aromatic nitrogens is 2. The second-order valence-corrected chi connectivity index (χ2v) is 5.22. The molecule has 1 atom stereocenters. The van der Waals surface area contributed by atoms with E-state index in [0.29, 0.717) is 6.54 Å². The van der Waals surface area contributed by atoms with Crippen LogP contribution >= 0.6 is 0 Å². The van der Waals surface area contributed by atoms with E-state index in [2.05, 4.69) is 22.4 Å². The molecular formula is C14H26N4O. The Morgan fingerprint density at radius 2 is 2.16 bits per heavy atom. The quantitative estimate of drug-likeness (QED) is 0.830. The Labute approximate surface area is 115 Å². The maximum absolute atomic E-state index is 11.9. The summed E-state index contributed by atoms with van der Waals surface area (Å²) in [5, 5.41) is 10.1. The molecule has 0 saturated heterocycles. The topological polar surface area (TPSA) is 61.0 Å². The summed E-state index contributed by atoms with van der Waals surface area (Å²) >= 11 is 0. The van der Waals surface area contributed by atoms with E-state index in [0.717, 1.165) is 30.7 Å². The summed E-state index contributed by atoms with van der Waals surface area (Å²) in [4.78, 5) is 13.7. The van der Waals surface area contributed by atoms with Crippen molar-refractivity contribution in [3.63, 3.8) is 0 Å². The van der Waals surface area contributed by atoms with Crippen molar-refractivity contribution in [2.45, 2.75) is 53.0 Å². The highest BCUT2D eigenvalue weighted by Crippen LogP contribution is 2.10. The monoisotopic (exact) mass is 266 g/mol. The molecule has 1 aromatic heterocycles. The third-order valence-corrected chi connectivity index (χ3v) is 3.42. The number of carbonyl (C=O) groups is 1. The summed E-state index contributed by atoms with van der Waals surface area (Å²) in [5.74, 6) is 0. The van der Waals surface area contributed by atoms with E-state index in [1.807, 2.05) is 27.8 Å². The number of carbonyl (C=O) groups excluding carboxylic acids is 1. The van der Waals surface area contributed by atoms with E-state index < -0.39 is 0 Å². The Kier molecular flexibility index (Phi) is 5.86. The number of rotatable bonds is 6. The van der Waals surface area contributed by atoms with Crippen molar-refractivity contribution < 1.29 is 4.79 Å². The third-order valence-electron chi connectivity index (χ3n) is 3.42. The molecule has 5 nitrogen and oxygen atoms in total. The van der Waals surface area contributed by atoms with Crippen LogP contribution in [0.3, 0.4) is 0 Å². The number of aromatic amines is 1. The van der Waals surface area contributed by atoms with Gasteiger partial charge in [-0.2, -0.15) is 5.10 Å². The lowest BCUT2D eigenvalue weighted by Gasteiger charge is -2.21. The smallest absolute Gasteiger partial charge is 0.317 e. The molecule has 0 bridgehead atoms. The first kappa shape index (κ1) is 15.5. The van der Waals surface area contributed by atoms with E-state index >= 15 is 0 Å². The largest absolute Gasteiger partial charge is 0.336 e. The third kappa shape index (κ3) is 4.58. The standard InChI is InChI=1S/C14H26N4O/c1-6-7-10(2)15-14(19)18(5)9-8-13-11(3)16-17-12(13)4/h10H,6-9H2,1-5H3,(H,15,19)(H,16,17)/t10-/m0/s1. The summed E-state index contributed by atoms with van der Waals surface area (Å²) in [6.45, 7) is 8.86. The van der Waals surface area contributed by atoms with Gasteiger partial charge in [-0.1, -0.05) is 13.3 Å². The Balaban J connectivity index is 2.42. The molecule has 0 fully saturated rings. The van der Waals surface area contributed by atoms with Crippen LogP contribution in [0.4, 0.5) is 4.79 Å². The minimum Gasteiger partial charge on any atom is -0.336 e. The molecular weight excluding hydrogens is 240 g/mol. The van der Waals surface area contributed by atoms with Gasteiger partial charge < -0.3 is 10.2 Å². The van der Waals surface area contributed by atoms with Gasteiger partial charge in [-0.15, -0.1) is 0 Å². The first-order valence-electron chi connectivity index (χ1n) is 6.97. The molecule has 0 unspecified atom stereocenters. The molecule has 2 N–H and O–H groups in total. The number of hydrogen-bond acceptors (Lipinski definition) is 2. The minimum absolute atomic E-state index is 0.000231. The van der Waals surface area contributed by atoms with Gasteiger partial charge in [-0.25, -0.2) is 4.79 Å². The van der Waals surface area contributed by atoms with E-state index in [4.69, 9.17) is 0 Å². The summed E-state index contributed by atoms with van der Waals surface area (Å²) in [6.07, 6.45) is 2.93. The molecule has 0 radical (unpaired) electrons. The van der Waals surface area contributed by atoms with Gasteiger partial charge in [0.25, 0.3) is 0 Å². The molecule has 0 spiro atoms. The van der Waals surface area contributed by atoms with Crippen molar-refractivity contribution >= 4 is 6.03 Å². The van der Waals surface area contributed by atoms with Crippen molar-refractivity contribution in [2.24, 2.45) is 0 Å². The lowest BCUT2D eigenvalue weighted by atomic mass is 10.1. The van der Waals surface area contributed by atoms with Gasteiger partial charge in [0.15, 0.2) is 0 Å². The van der Waals surface area contributed by atoms with Crippen molar-refractivity contribution in [3.05, 3.63) is 17.0 Å². The average molecular weight is 266 g/mol. The first-order chi connectivity index (χ1) is 8.95. The molecule has 5 heteroatoms. The fourth-order valence-corrected chi connectivity index (χ4v) is 2.15. The zero-order valence-corrected chi connectivity index (χ0v) is 12.7. The Morgan fingerprint density at radius 3 is 2.68 bits per heavy atom. The number of likely N-dealkylation sites (N-methyl/N-ethyl adjacent to an activating group) is 1. The van der Waals surface area contributed by atoms with Crippen LogP contribution in [0.1, 0.15) is 43.6 Å². The number of aryl methyl sites for hydroxylation is 2. The van der Waals surface area contributed by atoms with Crippen molar-refractivity contribution in [3.8, 4) is 0 Å². The highest BCUT2D eigenvalue weighted by atomic mass is 16.2. The van der Waals surface area contributed by atoms with Crippen LogP contribution in [-0.2, 0) is 6.42 Å². The van der Waals surface area contributed by atoms with E-state index in [-0.39, 0.29) is 12.1 Å². The summed E-state index contributed by atoms with van der Waals surface area (Å²) in [7, 11) is 1.83. The number of H-pyrrole nitrogens is 1. The predicted molar refractivity (Wildman–Crippen MR) is 77.3 cm³/mol. The van der Waals surface area contributed by atoms with E-state index in [1.54, 1.807) is 4.90 Å². The van der Waals surface area contributed by atoms with Crippen LogP contribution in [0.25, 0.3) is 0 Å². The maximum Gasteiger partial charge on any atom is 0.317 e. The Morgan fingerprint density at radius 1 is 1.47 bits per heavy atom. The van der Waals surface area contributed by atoms with Crippen LogP contribution in [0.5, 0.6) is 0 Å². The summed E-state index contributed by atoms with van der Waals surface area (Å²) < 4.78 is 0. The van der Waals surface area contributed by atoms with Crippen LogP contribution in [-0.4, -0.2) is 40.8 Å².